The van der Waals surface area contributed by atoms with Crippen LogP contribution in [0, 0.1) is 0 Å². The van der Waals surface area contributed by atoms with Crippen LogP contribution >= 0.6 is 23.9 Å². The number of imide groups is 2. The summed E-state index contributed by atoms with van der Waals surface area (Å²) < 4.78 is 2.16. The Morgan fingerprint density at radius 2 is 0.778 bits per heavy atom. The minimum absolute atomic E-state index is 0.0149. The maximum absolute atomic E-state index is 13.9. The Morgan fingerprint density at radius 1 is 0.417 bits per heavy atom. The molecule has 0 saturated carbocycles. The molecular formula is C29H18N2O3S2. The van der Waals surface area contributed by atoms with Gasteiger partial charge in [-0.15, -0.1) is 0 Å². The van der Waals surface area contributed by atoms with Crippen molar-refractivity contribution in [1.29, 1.82) is 0 Å². The number of amides is 4. The number of nitrogens with zero attached hydrogens (tertiary/aromatic N) is 2. The van der Waals surface area contributed by atoms with Crippen LogP contribution in [0.15, 0.2) is 125 Å². The highest BCUT2D eigenvalue weighted by Crippen LogP contribution is 2.47. The van der Waals surface area contributed by atoms with E-state index >= 15 is 0 Å². The van der Waals surface area contributed by atoms with Gasteiger partial charge in [0.25, 0.3) is 11.8 Å². The molecule has 2 aliphatic rings. The number of hydrogen-bond donors (Lipinski definition) is 0. The lowest BCUT2D eigenvalue weighted by atomic mass is 9.96. The van der Waals surface area contributed by atoms with E-state index in [2.05, 4.69) is 0 Å². The van der Waals surface area contributed by atoms with Gasteiger partial charge in [0.1, 0.15) is 5.57 Å². The highest BCUT2D eigenvalue weighted by atomic mass is 32.2. The normalized spacial score (nSPS) is 14.8. The largest absolute Gasteiger partial charge is 0.355 e. The highest BCUT2D eigenvalue weighted by Gasteiger charge is 2.46. The third-order valence-electron chi connectivity index (χ3n) is 5.96. The van der Waals surface area contributed by atoms with Crippen molar-refractivity contribution in [3.05, 3.63) is 126 Å². The molecule has 0 spiro atoms. The average Bonchev–Trinajstić information content (AvgIpc) is 3.25. The number of carbonyl (C=O) groups excluding carboxylic acids is 3. The molecule has 0 N–H and O–H groups in total. The molecule has 4 aromatic rings. The molecule has 5 nitrogen and oxygen atoms in total. The summed E-state index contributed by atoms with van der Waals surface area (Å²) in [5.74, 6) is -1.24. The maximum Gasteiger partial charge on any atom is 0.355 e. The van der Waals surface area contributed by atoms with Gasteiger partial charge < -0.3 is 0 Å². The van der Waals surface area contributed by atoms with Crippen LogP contribution in [-0.2, 0) is 9.59 Å². The van der Waals surface area contributed by atoms with Crippen molar-refractivity contribution in [3.8, 4) is 11.1 Å². The van der Waals surface area contributed by atoms with Crippen molar-refractivity contribution in [1.82, 2.24) is 8.61 Å². The molecule has 36 heavy (non-hydrogen) atoms. The first-order chi connectivity index (χ1) is 17.6. The first kappa shape index (κ1) is 22.4. The Morgan fingerprint density at radius 3 is 1.19 bits per heavy atom. The minimum atomic E-state index is -0.684. The Balaban J connectivity index is 1.54. The molecule has 1 heterocycles. The monoisotopic (exact) mass is 506 g/mol. The van der Waals surface area contributed by atoms with Gasteiger partial charge in [-0.2, -0.15) is 8.61 Å². The van der Waals surface area contributed by atoms with Crippen LogP contribution < -0.4 is 0 Å². The number of carbonyl (C=O) groups is 3. The zero-order valence-electron chi connectivity index (χ0n) is 18.8. The average molecular weight is 507 g/mol. The summed E-state index contributed by atoms with van der Waals surface area (Å²) in [5.41, 5.74) is 4.06. The van der Waals surface area contributed by atoms with Crippen LogP contribution in [-0.4, -0.2) is 26.5 Å². The van der Waals surface area contributed by atoms with E-state index < -0.39 is 17.8 Å². The minimum Gasteiger partial charge on any atom is -0.267 e. The summed E-state index contributed by atoms with van der Waals surface area (Å²) in [6.07, 6.45) is 0. The lowest BCUT2D eigenvalue weighted by molar-refractivity contribution is -0.129. The number of urea groups is 1. The lowest BCUT2D eigenvalue weighted by Gasteiger charge is -2.32. The van der Waals surface area contributed by atoms with Crippen molar-refractivity contribution >= 4 is 47.3 Å². The van der Waals surface area contributed by atoms with E-state index in [-0.39, 0.29) is 5.57 Å². The predicted molar refractivity (Wildman–Crippen MR) is 142 cm³/mol. The molecule has 1 aliphatic carbocycles. The maximum atomic E-state index is 13.9. The van der Waals surface area contributed by atoms with Crippen LogP contribution in [0.5, 0.6) is 0 Å². The van der Waals surface area contributed by atoms with Crippen molar-refractivity contribution in [2.75, 3.05) is 0 Å². The molecule has 4 amide bonds. The smallest absolute Gasteiger partial charge is 0.267 e. The second-order valence-electron chi connectivity index (χ2n) is 8.13. The molecule has 4 aromatic carbocycles. The zero-order chi connectivity index (χ0) is 24.6. The molecule has 6 rings (SSSR count). The molecule has 1 fully saturated rings. The quantitative estimate of drug-likeness (QED) is 0.155. The van der Waals surface area contributed by atoms with Gasteiger partial charge in [-0.1, -0.05) is 84.9 Å². The van der Waals surface area contributed by atoms with Crippen molar-refractivity contribution in [3.63, 3.8) is 0 Å². The van der Waals surface area contributed by atoms with Crippen LogP contribution in [0.3, 0.4) is 0 Å². The molecule has 0 unspecified atom stereocenters. The van der Waals surface area contributed by atoms with Gasteiger partial charge in [0.05, 0.1) is 0 Å². The van der Waals surface area contributed by atoms with Gasteiger partial charge in [-0.25, -0.2) is 4.79 Å². The fraction of sp³-hybridized carbons (Fsp3) is 0. The van der Waals surface area contributed by atoms with E-state index in [0.717, 1.165) is 64.6 Å². The van der Waals surface area contributed by atoms with Crippen molar-refractivity contribution in [2.24, 2.45) is 0 Å². The van der Waals surface area contributed by atoms with Crippen molar-refractivity contribution < 1.29 is 14.4 Å². The molecule has 174 valence electrons. The molecule has 1 saturated heterocycles. The Kier molecular flexibility index (Phi) is 5.71. The summed E-state index contributed by atoms with van der Waals surface area (Å²) in [5, 5.41) is 0. The second-order valence-corrected chi connectivity index (χ2v) is 10.2. The van der Waals surface area contributed by atoms with Crippen molar-refractivity contribution in [2.45, 2.75) is 9.79 Å². The molecule has 7 heteroatoms. The highest BCUT2D eigenvalue weighted by molar-refractivity contribution is 7.99. The van der Waals surface area contributed by atoms with Gasteiger partial charge in [0.15, 0.2) is 0 Å². The third kappa shape index (κ3) is 3.73. The van der Waals surface area contributed by atoms with Crippen LogP contribution in [0.4, 0.5) is 4.79 Å². The Labute approximate surface area is 216 Å². The fourth-order valence-electron chi connectivity index (χ4n) is 4.39. The fourth-order valence-corrected chi connectivity index (χ4v) is 6.08. The van der Waals surface area contributed by atoms with E-state index in [1.807, 2.05) is 109 Å². The molecule has 0 radical (unpaired) electrons. The van der Waals surface area contributed by atoms with Crippen LogP contribution in [0.2, 0.25) is 0 Å². The third-order valence-corrected chi connectivity index (χ3v) is 7.93. The second kappa shape index (κ2) is 9.18. The Bertz CT molecular complexity index is 1440. The summed E-state index contributed by atoms with van der Waals surface area (Å²) in [4.78, 5) is 42.8. The topological polar surface area (TPSA) is 57.7 Å². The Hall–Kier alpha value is -4.07. The van der Waals surface area contributed by atoms with E-state index in [1.165, 1.54) is 0 Å². The summed E-state index contributed by atoms with van der Waals surface area (Å²) in [7, 11) is 0. The van der Waals surface area contributed by atoms with Gasteiger partial charge in [-0.3, -0.25) is 9.59 Å². The first-order valence-electron chi connectivity index (χ1n) is 11.3. The molecular weight excluding hydrogens is 488 g/mol. The molecule has 1 aliphatic heterocycles. The number of benzene rings is 4. The van der Waals surface area contributed by atoms with E-state index in [4.69, 9.17) is 0 Å². The molecule has 0 aromatic heterocycles. The lowest BCUT2D eigenvalue weighted by Crippen LogP contribution is -2.51. The van der Waals surface area contributed by atoms with Crippen LogP contribution in [0.25, 0.3) is 16.7 Å². The predicted octanol–water partition coefficient (Wildman–Crippen LogP) is 6.67. The van der Waals surface area contributed by atoms with Gasteiger partial charge >= 0.3 is 6.03 Å². The standard InChI is InChI=1S/C29H18N2O3S2/c32-27-26(25-23-17-9-7-15-21(23)22-16-8-10-18-24(22)25)28(33)31(36-20-13-5-2-6-14-20)29(34)30(27)35-19-11-3-1-4-12-19/h1-18H. The number of rotatable bonds is 4. The summed E-state index contributed by atoms with van der Waals surface area (Å²) >= 11 is 2.03. The number of fused-ring (bicyclic) bond motifs is 3. The van der Waals surface area contributed by atoms with Gasteiger partial charge in [0, 0.05) is 15.4 Å². The van der Waals surface area contributed by atoms with E-state index in [0.29, 0.717) is 5.57 Å². The molecule has 0 bridgehead atoms. The number of hydrogen-bond acceptors (Lipinski definition) is 5. The van der Waals surface area contributed by atoms with Gasteiger partial charge in [0.2, 0.25) is 0 Å². The summed E-state index contributed by atoms with van der Waals surface area (Å²) in [6, 6.07) is 33.1. The SMILES string of the molecule is O=C1C(=C2c3ccccc3-c3ccccc32)C(=O)N(Sc2ccccc2)C(=O)N1Sc1ccccc1. The first-order valence-corrected chi connectivity index (χ1v) is 12.8. The molecule has 0 atom stereocenters. The summed E-state index contributed by atoms with van der Waals surface area (Å²) in [6.45, 7) is 0. The number of barbiturate groups is 1. The van der Waals surface area contributed by atoms with E-state index in [9.17, 15) is 14.4 Å². The van der Waals surface area contributed by atoms with Crippen LogP contribution in [0.1, 0.15) is 11.1 Å². The zero-order valence-corrected chi connectivity index (χ0v) is 20.5. The van der Waals surface area contributed by atoms with E-state index in [1.54, 1.807) is 0 Å². The van der Waals surface area contributed by atoms with Gasteiger partial charge in [-0.05, 0) is 70.4 Å².